The van der Waals surface area contributed by atoms with Gasteiger partial charge in [0, 0.05) is 29.4 Å². The van der Waals surface area contributed by atoms with E-state index in [1.54, 1.807) is 13.2 Å². The van der Waals surface area contributed by atoms with Crippen LogP contribution in [0.5, 0.6) is 0 Å². The first-order valence-corrected chi connectivity index (χ1v) is 8.21. The number of pyridine rings is 1. The number of aryl methyl sites for hydroxylation is 3. The molecule has 1 aromatic carbocycles. The summed E-state index contributed by atoms with van der Waals surface area (Å²) < 4.78 is 2.36. The molecule has 0 fully saturated rings. The predicted octanol–water partition coefficient (Wildman–Crippen LogP) is 3.15. The summed E-state index contributed by atoms with van der Waals surface area (Å²) >= 11 is 1.48. The van der Waals surface area contributed by atoms with Crippen LogP contribution >= 0.6 is 11.3 Å². The second-order valence-electron chi connectivity index (χ2n) is 5.67. The van der Waals surface area contributed by atoms with Gasteiger partial charge in [-0.05, 0) is 25.5 Å². The van der Waals surface area contributed by atoms with Crippen LogP contribution in [-0.4, -0.2) is 10.5 Å². The number of hydrogen-bond acceptors (Lipinski definition) is 3. The number of benzene rings is 1. The maximum atomic E-state index is 12.6. The number of carbonyl (C=O) groups excluding carboxylic acids is 1. The van der Waals surface area contributed by atoms with Gasteiger partial charge in [-0.2, -0.15) is 0 Å². The fraction of sp³-hybridized carbons (Fsp3) is 0.222. The second kappa shape index (κ2) is 6.01. The van der Waals surface area contributed by atoms with E-state index >= 15 is 0 Å². The van der Waals surface area contributed by atoms with Gasteiger partial charge >= 0.3 is 0 Å². The first-order chi connectivity index (χ1) is 11.0. The van der Waals surface area contributed by atoms with E-state index in [9.17, 15) is 9.59 Å². The molecule has 4 nitrogen and oxygen atoms in total. The molecule has 0 unspecified atom stereocenters. The highest BCUT2D eigenvalue weighted by Crippen LogP contribution is 2.28. The standard InChI is InChI=1S/C18H18N2O2S/c1-11-4-6-13(7-5-11)10-19-17(21)15-12(2)23-14-8-9-20(3)18(22)16(14)15/h4-9H,10H2,1-3H3,(H,19,21). The number of aromatic nitrogens is 1. The smallest absolute Gasteiger partial charge is 0.259 e. The molecule has 118 valence electrons. The van der Waals surface area contributed by atoms with Gasteiger partial charge in [-0.15, -0.1) is 11.3 Å². The highest BCUT2D eigenvalue weighted by molar-refractivity contribution is 7.19. The number of fused-ring (bicyclic) bond motifs is 1. The molecular formula is C18H18N2O2S. The number of nitrogens with one attached hydrogen (secondary N) is 1. The van der Waals surface area contributed by atoms with E-state index in [0.29, 0.717) is 17.5 Å². The molecule has 0 atom stereocenters. The Hall–Kier alpha value is -2.40. The van der Waals surface area contributed by atoms with Crippen molar-refractivity contribution < 1.29 is 4.79 Å². The monoisotopic (exact) mass is 326 g/mol. The number of thiophene rings is 1. The molecule has 2 aromatic heterocycles. The van der Waals surface area contributed by atoms with Crippen molar-refractivity contribution in [2.75, 3.05) is 0 Å². The van der Waals surface area contributed by atoms with Crippen LogP contribution in [0.15, 0.2) is 41.3 Å². The lowest BCUT2D eigenvalue weighted by molar-refractivity contribution is 0.0952. The predicted molar refractivity (Wildman–Crippen MR) is 94.2 cm³/mol. The molecule has 1 N–H and O–H groups in total. The minimum atomic E-state index is -0.197. The fourth-order valence-electron chi connectivity index (χ4n) is 2.57. The number of hydrogen-bond donors (Lipinski definition) is 1. The van der Waals surface area contributed by atoms with Crippen LogP contribution in [0.4, 0.5) is 0 Å². The summed E-state index contributed by atoms with van der Waals surface area (Å²) in [7, 11) is 1.70. The molecule has 3 rings (SSSR count). The lowest BCUT2D eigenvalue weighted by Gasteiger charge is -2.06. The van der Waals surface area contributed by atoms with Gasteiger partial charge in [0.1, 0.15) is 0 Å². The fourth-order valence-corrected chi connectivity index (χ4v) is 3.62. The minimum absolute atomic E-state index is 0.132. The molecule has 0 spiro atoms. The normalized spacial score (nSPS) is 10.9. The van der Waals surface area contributed by atoms with Gasteiger partial charge in [-0.25, -0.2) is 0 Å². The molecule has 0 aliphatic carbocycles. The van der Waals surface area contributed by atoms with Gasteiger partial charge in [0.05, 0.1) is 10.9 Å². The van der Waals surface area contributed by atoms with E-state index in [1.165, 1.54) is 21.5 Å². The lowest BCUT2D eigenvalue weighted by atomic mass is 10.1. The van der Waals surface area contributed by atoms with E-state index in [0.717, 1.165) is 15.1 Å². The van der Waals surface area contributed by atoms with Crippen molar-refractivity contribution in [1.82, 2.24) is 9.88 Å². The van der Waals surface area contributed by atoms with Crippen LogP contribution < -0.4 is 10.9 Å². The Labute approximate surface area is 138 Å². The Kier molecular flexibility index (Phi) is 4.05. The summed E-state index contributed by atoms with van der Waals surface area (Å²) in [5, 5.41) is 3.43. The molecule has 0 aliphatic rings. The van der Waals surface area contributed by atoms with E-state index in [2.05, 4.69) is 5.32 Å². The van der Waals surface area contributed by atoms with Crippen LogP contribution in [0.3, 0.4) is 0 Å². The van der Waals surface area contributed by atoms with Crippen LogP contribution in [0.2, 0.25) is 0 Å². The Morgan fingerprint density at radius 3 is 2.57 bits per heavy atom. The molecule has 0 aliphatic heterocycles. The van der Waals surface area contributed by atoms with E-state index in [1.807, 2.05) is 44.2 Å². The van der Waals surface area contributed by atoms with Gasteiger partial charge in [-0.1, -0.05) is 29.8 Å². The van der Waals surface area contributed by atoms with Gasteiger partial charge in [-0.3, -0.25) is 9.59 Å². The maximum Gasteiger partial charge on any atom is 0.259 e. The largest absolute Gasteiger partial charge is 0.348 e. The Morgan fingerprint density at radius 2 is 1.87 bits per heavy atom. The summed E-state index contributed by atoms with van der Waals surface area (Å²) in [6, 6.07) is 9.90. The van der Waals surface area contributed by atoms with Gasteiger partial charge in [0.15, 0.2) is 0 Å². The minimum Gasteiger partial charge on any atom is -0.348 e. The molecule has 0 radical (unpaired) electrons. The van der Waals surface area contributed by atoms with Crippen LogP contribution in [-0.2, 0) is 13.6 Å². The third kappa shape index (κ3) is 2.92. The SMILES string of the molecule is Cc1ccc(CNC(=O)c2c(C)sc3ccn(C)c(=O)c23)cc1. The molecule has 0 saturated carbocycles. The molecule has 2 heterocycles. The first kappa shape index (κ1) is 15.5. The third-order valence-electron chi connectivity index (χ3n) is 3.90. The number of amides is 1. The molecule has 0 bridgehead atoms. The molecule has 23 heavy (non-hydrogen) atoms. The van der Waals surface area contributed by atoms with Gasteiger partial charge in [0.2, 0.25) is 0 Å². The third-order valence-corrected chi connectivity index (χ3v) is 4.97. The second-order valence-corrected chi connectivity index (χ2v) is 6.93. The molecule has 3 aromatic rings. The summed E-state index contributed by atoms with van der Waals surface area (Å²) in [5.74, 6) is -0.197. The number of carbonyl (C=O) groups is 1. The summed E-state index contributed by atoms with van der Waals surface area (Å²) in [5.41, 5.74) is 2.59. The molecular weight excluding hydrogens is 308 g/mol. The van der Waals surface area contributed by atoms with Crippen molar-refractivity contribution in [3.63, 3.8) is 0 Å². The summed E-state index contributed by atoms with van der Waals surface area (Å²) in [6.07, 6.45) is 1.73. The highest BCUT2D eigenvalue weighted by Gasteiger charge is 2.19. The molecule has 0 saturated heterocycles. The van der Waals surface area contributed by atoms with E-state index < -0.39 is 0 Å². The molecule has 5 heteroatoms. The summed E-state index contributed by atoms with van der Waals surface area (Å²) in [6.45, 7) is 4.35. The van der Waals surface area contributed by atoms with E-state index in [4.69, 9.17) is 0 Å². The van der Waals surface area contributed by atoms with Crippen molar-refractivity contribution in [1.29, 1.82) is 0 Å². The van der Waals surface area contributed by atoms with Crippen LogP contribution in [0, 0.1) is 13.8 Å². The van der Waals surface area contributed by atoms with Gasteiger partial charge in [0.25, 0.3) is 11.5 Å². The first-order valence-electron chi connectivity index (χ1n) is 7.40. The van der Waals surface area contributed by atoms with Crippen molar-refractivity contribution in [2.24, 2.45) is 7.05 Å². The van der Waals surface area contributed by atoms with Crippen molar-refractivity contribution >= 4 is 27.3 Å². The topological polar surface area (TPSA) is 51.1 Å². The van der Waals surface area contributed by atoms with Gasteiger partial charge < -0.3 is 9.88 Å². The average Bonchev–Trinajstić information content (AvgIpc) is 2.87. The van der Waals surface area contributed by atoms with Crippen molar-refractivity contribution in [2.45, 2.75) is 20.4 Å². The van der Waals surface area contributed by atoms with Crippen LogP contribution in [0.25, 0.3) is 10.1 Å². The Balaban J connectivity index is 1.92. The number of rotatable bonds is 3. The zero-order chi connectivity index (χ0) is 16.6. The van der Waals surface area contributed by atoms with Crippen LogP contribution in [0.1, 0.15) is 26.4 Å². The Bertz CT molecular complexity index is 936. The van der Waals surface area contributed by atoms with E-state index in [-0.39, 0.29) is 11.5 Å². The summed E-state index contributed by atoms with van der Waals surface area (Å²) in [4.78, 5) is 25.8. The quantitative estimate of drug-likeness (QED) is 0.804. The van der Waals surface area contributed by atoms with Crippen molar-refractivity contribution in [3.8, 4) is 0 Å². The average molecular weight is 326 g/mol. The lowest BCUT2D eigenvalue weighted by Crippen LogP contribution is -2.25. The highest BCUT2D eigenvalue weighted by atomic mass is 32.1. The maximum absolute atomic E-state index is 12.6. The zero-order valence-electron chi connectivity index (χ0n) is 13.3. The number of nitrogens with zero attached hydrogens (tertiary/aromatic N) is 1. The zero-order valence-corrected chi connectivity index (χ0v) is 14.2. The Morgan fingerprint density at radius 1 is 1.17 bits per heavy atom. The molecule has 1 amide bonds. The van der Waals surface area contributed by atoms with Crippen molar-refractivity contribution in [3.05, 3.63) is 68.4 Å².